The molecule has 0 aliphatic heterocycles. The molecule has 0 aliphatic carbocycles. The van der Waals surface area contributed by atoms with Crippen molar-refractivity contribution in [2.24, 2.45) is 0 Å². The Labute approximate surface area is 134 Å². The van der Waals surface area contributed by atoms with E-state index in [9.17, 15) is 14.4 Å². The molecular formula is C18H17FN2O2. The highest BCUT2D eigenvalue weighted by Gasteiger charge is 2.13. The molecule has 2 rings (SSSR count). The first-order valence-electron chi connectivity index (χ1n) is 7.13. The first-order chi connectivity index (χ1) is 10.9. The molecule has 1 aromatic carbocycles. The van der Waals surface area contributed by atoms with Crippen LogP contribution in [0.25, 0.3) is 6.08 Å². The Morgan fingerprint density at radius 3 is 2.57 bits per heavy atom. The van der Waals surface area contributed by atoms with E-state index in [1.807, 2.05) is 6.07 Å². The van der Waals surface area contributed by atoms with Crippen molar-refractivity contribution in [1.82, 2.24) is 5.32 Å². The summed E-state index contributed by atoms with van der Waals surface area (Å²) in [6.45, 7) is 5.33. The topological polar surface area (TPSA) is 66.0 Å². The molecule has 23 heavy (non-hydrogen) atoms. The number of halogens is 1. The maximum Gasteiger partial charge on any atom is 0.262 e. The van der Waals surface area contributed by atoms with Gasteiger partial charge in [-0.15, -0.1) is 0 Å². The largest absolute Gasteiger partial charge is 0.465 e. The number of furan rings is 1. The number of nitrogens with one attached hydrogen (secondary N) is 1. The summed E-state index contributed by atoms with van der Waals surface area (Å²) in [6, 6.07) is 8.76. The maximum atomic E-state index is 14.2. The Morgan fingerprint density at radius 2 is 1.96 bits per heavy atom. The number of nitriles is 1. The lowest BCUT2D eigenvalue weighted by Crippen LogP contribution is -2.23. The van der Waals surface area contributed by atoms with Crippen LogP contribution in [0.1, 0.15) is 28.2 Å². The Hall–Kier alpha value is -2.87. The Bertz CT molecular complexity index is 813. The number of amides is 1. The summed E-state index contributed by atoms with van der Waals surface area (Å²) >= 11 is 0. The van der Waals surface area contributed by atoms with Gasteiger partial charge < -0.3 is 9.73 Å². The van der Waals surface area contributed by atoms with Crippen molar-refractivity contribution in [2.45, 2.75) is 27.3 Å². The van der Waals surface area contributed by atoms with E-state index < -0.39 is 11.7 Å². The third-order valence-electron chi connectivity index (χ3n) is 3.46. The number of carbonyl (C=O) groups excluding carboxylic acids is 1. The highest BCUT2D eigenvalue weighted by atomic mass is 19.1. The molecular weight excluding hydrogens is 295 g/mol. The quantitative estimate of drug-likeness (QED) is 0.693. The van der Waals surface area contributed by atoms with Gasteiger partial charge in [-0.1, -0.05) is 12.1 Å². The summed E-state index contributed by atoms with van der Waals surface area (Å²) in [5.74, 6) is 0.336. The summed E-state index contributed by atoms with van der Waals surface area (Å²) < 4.78 is 19.5. The fraction of sp³-hybridized carbons (Fsp3) is 0.222. The molecule has 2 aromatic rings. The molecule has 0 atom stereocenters. The van der Waals surface area contributed by atoms with Crippen molar-refractivity contribution in [2.75, 3.05) is 0 Å². The minimum absolute atomic E-state index is 0.152. The first kappa shape index (κ1) is 16.5. The Morgan fingerprint density at radius 1 is 1.26 bits per heavy atom. The number of carbonyl (C=O) groups is 1. The number of benzene rings is 1. The summed E-state index contributed by atoms with van der Waals surface area (Å²) in [4.78, 5) is 12.1. The van der Waals surface area contributed by atoms with Gasteiger partial charge in [-0.2, -0.15) is 5.26 Å². The maximum absolute atomic E-state index is 14.2. The third-order valence-corrected chi connectivity index (χ3v) is 3.46. The van der Waals surface area contributed by atoms with Crippen LogP contribution >= 0.6 is 0 Å². The second kappa shape index (κ2) is 6.93. The summed E-state index contributed by atoms with van der Waals surface area (Å²) in [5.41, 5.74) is 1.23. The number of hydrogen-bond acceptors (Lipinski definition) is 3. The van der Waals surface area contributed by atoms with Gasteiger partial charge in [0, 0.05) is 5.56 Å². The minimum Gasteiger partial charge on any atom is -0.465 e. The molecule has 1 N–H and O–H groups in total. The molecule has 0 aliphatic rings. The molecule has 0 fully saturated rings. The van der Waals surface area contributed by atoms with E-state index in [-0.39, 0.29) is 17.7 Å². The highest BCUT2D eigenvalue weighted by Crippen LogP contribution is 2.20. The van der Waals surface area contributed by atoms with E-state index in [0.717, 1.165) is 5.76 Å². The van der Waals surface area contributed by atoms with Gasteiger partial charge in [-0.05, 0) is 50.1 Å². The van der Waals surface area contributed by atoms with Crippen molar-refractivity contribution in [3.63, 3.8) is 0 Å². The summed E-state index contributed by atoms with van der Waals surface area (Å²) in [5, 5.41) is 11.8. The Kier molecular flexibility index (Phi) is 4.97. The highest BCUT2D eigenvalue weighted by molar-refractivity contribution is 6.01. The van der Waals surface area contributed by atoms with Crippen LogP contribution in [0.15, 0.2) is 34.3 Å². The van der Waals surface area contributed by atoms with E-state index >= 15 is 0 Å². The SMILES string of the molecule is Cc1ccc(CNC(=O)/C(C#N)=C/c2c(C)ccc(C)c2F)o1. The summed E-state index contributed by atoms with van der Waals surface area (Å²) in [6.07, 6.45) is 1.28. The van der Waals surface area contributed by atoms with E-state index in [0.29, 0.717) is 16.9 Å². The molecule has 1 heterocycles. The van der Waals surface area contributed by atoms with Crippen LogP contribution in [0.4, 0.5) is 4.39 Å². The zero-order valence-corrected chi connectivity index (χ0v) is 13.2. The van der Waals surface area contributed by atoms with Crippen molar-refractivity contribution < 1.29 is 13.6 Å². The van der Waals surface area contributed by atoms with Gasteiger partial charge in [0.05, 0.1) is 6.54 Å². The van der Waals surface area contributed by atoms with Gasteiger partial charge in [-0.3, -0.25) is 4.79 Å². The second-order valence-corrected chi connectivity index (χ2v) is 5.29. The van der Waals surface area contributed by atoms with Crippen LogP contribution in [0.5, 0.6) is 0 Å². The molecule has 0 saturated heterocycles. The van der Waals surface area contributed by atoms with Gasteiger partial charge in [0.15, 0.2) is 0 Å². The van der Waals surface area contributed by atoms with Crippen LogP contribution in [0, 0.1) is 37.9 Å². The molecule has 0 saturated carbocycles. The van der Waals surface area contributed by atoms with Crippen LogP contribution in [0.3, 0.4) is 0 Å². The zero-order valence-electron chi connectivity index (χ0n) is 13.2. The van der Waals surface area contributed by atoms with Crippen LogP contribution in [0.2, 0.25) is 0 Å². The standard InChI is InChI=1S/C18H17FN2O2/c1-11-4-5-12(2)17(19)16(11)8-14(9-20)18(22)21-10-15-7-6-13(3)23-15/h4-8H,10H2,1-3H3,(H,21,22)/b14-8+. The second-order valence-electron chi connectivity index (χ2n) is 5.29. The van der Waals surface area contributed by atoms with Gasteiger partial charge in [-0.25, -0.2) is 4.39 Å². The molecule has 0 radical (unpaired) electrons. The minimum atomic E-state index is -0.568. The molecule has 4 nitrogen and oxygen atoms in total. The van der Waals surface area contributed by atoms with Gasteiger partial charge in [0.2, 0.25) is 0 Å². The lowest BCUT2D eigenvalue weighted by atomic mass is 10.0. The number of nitrogens with zero attached hydrogens (tertiary/aromatic N) is 1. The predicted molar refractivity (Wildman–Crippen MR) is 84.8 cm³/mol. The van der Waals surface area contributed by atoms with Crippen molar-refractivity contribution >= 4 is 12.0 Å². The van der Waals surface area contributed by atoms with Crippen LogP contribution in [-0.2, 0) is 11.3 Å². The normalized spacial score (nSPS) is 11.2. The molecule has 0 spiro atoms. The fourth-order valence-corrected chi connectivity index (χ4v) is 2.11. The number of rotatable bonds is 4. The van der Waals surface area contributed by atoms with Crippen LogP contribution < -0.4 is 5.32 Å². The number of aryl methyl sites for hydroxylation is 3. The fourth-order valence-electron chi connectivity index (χ4n) is 2.11. The van der Waals surface area contributed by atoms with E-state index in [2.05, 4.69) is 5.32 Å². The van der Waals surface area contributed by atoms with Gasteiger partial charge in [0.25, 0.3) is 5.91 Å². The molecule has 1 amide bonds. The van der Waals surface area contributed by atoms with E-state index in [1.165, 1.54) is 6.08 Å². The van der Waals surface area contributed by atoms with Crippen LogP contribution in [-0.4, -0.2) is 5.91 Å². The van der Waals surface area contributed by atoms with Gasteiger partial charge >= 0.3 is 0 Å². The van der Waals surface area contributed by atoms with Crippen molar-refractivity contribution in [1.29, 1.82) is 5.26 Å². The van der Waals surface area contributed by atoms with Crippen molar-refractivity contribution in [3.05, 3.63) is 63.9 Å². The molecule has 0 bridgehead atoms. The monoisotopic (exact) mass is 312 g/mol. The average Bonchev–Trinajstić information content (AvgIpc) is 2.94. The lowest BCUT2D eigenvalue weighted by Gasteiger charge is -2.07. The molecule has 0 unspecified atom stereocenters. The smallest absolute Gasteiger partial charge is 0.262 e. The number of hydrogen-bond donors (Lipinski definition) is 1. The molecule has 118 valence electrons. The van der Waals surface area contributed by atoms with Crippen molar-refractivity contribution in [3.8, 4) is 6.07 Å². The van der Waals surface area contributed by atoms with E-state index in [4.69, 9.17) is 4.42 Å². The molecule has 1 aromatic heterocycles. The zero-order chi connectivity index (χ0) is 17.0. The average molecular weight is 312 g/mol. The van der Waals surface area contributed by atoms with Gasteiger partial charge in [0.1, 0.15) is 29.0 Å². The molecule has 5 heteroatoms. The predicted octanol–water partition coefficient (Wildman–Crippen LogP) is 3.57. The Balaban J connectivity index is 2.20. The lowest BCUT2D eigenvalue weighted by molar-refractivity contribution is -0.117. The third kappa shape index (κ3) is 3.86. The summed E-state index contributed by atoms with van der Waals surface area (Å²) in [7, 11) is 0. The van der Waals surface area contributed by atoms with E-state index in [1.54, 1.807) is 45.0 Å². The first-order valence-corrected chi connectivity index (χ1v) is 7.13.